The van der Waals surface area contributed by atoms with Gasteiger partial charge in [-0.05, 0) is 32.3 Å². The number of rotatable bonds is 8. The van der Waals surface area contributed by atoms with Crippen LogP contribution in [0.3, 0.4) is 0 Å². The zero-order chi connectivity index (χ0) is 17.6. The second-order valence-corrected chi connectivity index (χ2v) is 5.72. The molecule has 0 radical (unpaired) electrons. The highest BCUT2D eigenvalue weighted by Gasteiger charge is 2.23. The Morgan fingerprint density at radius 2 is 1.96 bits per heavy atom. The van der Waals surface area contributed by atoms with Gasteiger partial charge in [0.05, 0.1) is 17.9 Å². The van der Waals surface area contributed by atoms with Crippen LogP contribution in [-0.4, -0.2) is 35.8 Å². The largest absolute Gasteiger partial charge is 0.462 e. The van der Waals surface area contributed by atoms with Crippen LogP contribution in [0.2, 0.25) is 0 Å². The van der Waals surface area contributed by atoms with Gasteiger partial charge >= 0.3 is 5.97 Å². The number of carbonyl (C=O) groups is 2. The Balaban J connectivity index is 2.78. The number of nitrogens with zero attached hydrogens (tertiary/aromatic N) is 1. The quantitative estimate of drug-likeness (QED) is 0.251. The molecule has 0 aliphatic rings. The molecule has 0 atom stereocenters. The average molecular weight is 323 g/mol. The van der Waals surface area contributed by atoms with Gasteiger partial charge in [0.25, 0.3) is 0 Å². The van der Waals surface area contributed by atoms with Crippen molar-refractivity contribution < 1.29 is 19.2 Å². The summed E-state index contributed by atoms with van der Waals surface area (Å²) in [6.07, 6.45) is 0.599. The Hall–Kier alpha value is -2.31. The molecule has 0 saturated carbocycles. The van der Waals surface area contributed by atoms with Crippen LogP contribution in [0, 0.1) is 19.8 Å². The van der Waals surface area contributed by atoms with Crippen LogP contribution in [0.15, 0.2) is 5.16 Å². The van der Waals surface area contributed by atoms with Crippen molar-refractivity contribution in [2.75, 3.05) is 13.2 Å². The van der Waals surface area contributed by atoms with Gasteiger partial charge in [0.15, 0.2) is 6.61 Å². The molecule has 0 aromatic carbocycles. The molecule has 1 rings (SSSR count). The maximum absolute atomic E-state index is 12.2. The van der Waals surface area contributed by atoms with Gasteiger partial charge in [0, 0.05) is 12.1 Å². The molecule has 1 aromatic rings. The molecular formula is C16H25N3O4. The lowest BCUT2D eigenvalue weighted by molar-refractivity contribution is 0.0525. The molecule has 1 heterocycles. The summed E-state index contributed by atoms with van der Waals surface area (Å²) in [6.45, 7) is 9.19. The minimum atomic E-state index is -0.446. The molecule has 0 unspecified atom stereocenters. The Labute approximate surface area is 136 Å². The van der Waals surface area contributed by atoms with E-state index in [1.54, 1.807) is 20.8 Å². The molecule has 23 heavy (non-hydrogen) atoms. The van der Waals surface area contributed by atoms with Gasteiger partial charge in [-0.3, -0.25) is 4.79 Å². The third kappa shape index (κ3) is 5.12. The standard InChI is InChI=1S/C16H25N3O4/c1-6-22-16(21)14-10(4)15(18-11(14)5)12(20)8-23-19-13(17)7-9(2)3/h9,18H,6-8H2,1-5H3,(H2,17,19). The normalized spacial score (nSPS) is 11.7. The molecule has 0 spiro atoms. The van der Waals surface area contributed by atoms with E-state index >= 15 is 0 Å². The molecule has 128 valence electrons. The number of ketones is 1. The molecule has 1 aromatic heterocycles. The number of ether oxygens (including phenoxy) is 1. The van der Waals surface area contributed by atoms with Crippen molar-refractivity contribution >= 4 is 17.6 Å². The molecule has 0 fully saturated rings. The van der Waals surface area contributed by atoms with Gasteiger partial charge in [0.1, 0.15) is 5.84 Å². The number of esters is 1. The molecule has 7 nitrogen and oxygen atoms in total. The molecule has 0 amide bonds. The number of hydrogen-bond donors (Lipinski definition) is 2. The summed E-state index contributed by atoms with van der Waals surface area (Å²) in [5.74, 6) is -0.0435. The lowest BCUT2D eigenvalue weighted by Crippen LogP contribution is -2.16. The third-order valence-electron chi connectivity index (χ3n) is 3.19. The molecule has 0 bridgehead atoms. The number of aromatic nitrogens is 1. The van der Waals surface area contributed by atoms with Gasteiger partial charge in [-0.25, -0.2) is 4.79 Å². The zero-order valence-corrected chi connectivity index (χ0v) is 14.4. The van der Waals surface area contributed by atoms with Gasteiger partial charge < -0.3 is 20.3 Å². The first kappa shape index (κ1) is 18.7. The number of aromatic amines is 1. The van der Waals surface area contributed by atoms with Crippen molar-refractivity contribution in [1.82, 2.24) is 4.98 Å². The van der Waals surface area contributed by atoms with Crippen LogP contribution in [-0.2, 0) is 9.57 Å². The Kier molecular flexibility index (Phi) is 6.81. The summed E-state index contributed by atoms with van der Waals surface area (Å²) in [6, 6.07) is 0. The fourth-order valence-electron chi connectivity index (χ4n) is 2.24. The summed E-state index contributed by atoms with van der Waals surface area (Å²) >= 11 is 0. The number of aryl methyl sites for hydroxylation is 1. The minimum Gasteiger partial charge on any atom is -0.462 e. The fourth-order valence-corrected chi connectivity index (χ4v) is 2.24. The van der Waals surface area contributed by atoms with E-state index in [4.69, 9.17) is 15.3 Å². The Bertz CT molecular complexity index is 603. The van der Waals surface area contributed by atoms with E-state index in [1.807, 2.05) is 13.8 Å². The number of hydrogen-bond acceptors (Lipinski definition) is 5. The highest BCUT2D eigenvalue weighted by Crippen LogP contribution is 2.19. The SMILES string of the molecule is CCOC(=O)c1c(C)[nH]c(C(=O)CON=C(N)CC(C)C)c1C. The molecule has 0 aliphatic heterocycles. The first-order valence-electron chi connectivity index (χ1n) is 7.61. The summed E-state index contributed by atoms with van der Waals surface area (Å²) in [7, 11) is 0. The number of nitrogens with one attached hydrogen (secondary N) is 1. The van der Waals surface area contributed by atoms with Gasteiger partial charge in [-0.1, -0.05) is 19.0 Å². The summed E-state index contributed by atoms with van der Waals surface area (Å²) in [4.78, 5) is 32.0. The number of H-pyrrole nitrogens is 1. The monoisotopic (exact) mass is 323 g/mol. The number of carbonyl (C=O) groups excluding carboxylic acids is 2. The lowest BCUT2D eigenvalue weighted by Gasteiger charge is -2.04. The van der Waals surface area contributed by atoms with E-state index in [2.05, 4.69) is 10.1 Å². The Morgan fingerprint density at radius 1 is 1.30 bits per heavy atom. The molecule has 0 saturated heterocycles. The van der Waals surface area contributed by atoms with Gasteiger partial charge in [-0.15, -0.1) is 0 Å². The number of Topliss-reactive ketones (excluding diaryl/α,β-unsaturated/α-hetero) is 1. The van der Waals surface area contributed by atoms with Crippen molar-refractivity contribution in [3.63, 3.8) is 0 Å². The first-order chi connectivity index (χ1) is 10.8. The fraction of sp³-hybridized carbons (Fsp3) is 0.562. The van der Waals surface area contributed by atoms with Crippen LogP contribution >= 0.6 is 0 Å². The number of amidine groups is 1. The number of nitrogens with two attached hydrogens (primary N) is 1. The smallest absolute Gasteiger partial charge is 0.340 e. The van der Waals surface area contributed by atoms with Crippen molar-refractivity contribution in [2.24, 2.45) is 16.8 Å². The number of oxime groups is 1. The van der Waals surface area contributed by atoms with Gasteiger partial charge in [0.2, 0.25) is 5.78 Å². The molecular weight excluding hydrogens is 298 g/mol. The summed E-state index contributed by atoms with van der Waals surface area (Å²) < 4.78 is 4.99. The third-order valence-corrected chi connectivity index (χ3v) is 3.19. The van der Waals surface area contributed by atoms with E-state index in [0.29, 0.717) is 40.7 Å². The Morgan fingerprint density at radius 3 is 2.52 bits per heavy atom. The van der Waals surface area contributed by atoms with E-state index in [-0.39, 0.29) is 19.0 Å². The summed E-state index contributed by atoms with van der Waals surface area (Å²) in [5, 5.41) is 3.72. The topological polar surface area (TPSA) is 107 Å². The van der Waals surface area contributed by atoms with Crippen LogP contribution in [0.25, 0.3) is 0 Å². The van der Waals surface area contributed by atoms with E-state index in [0.717, 1.165) is 0 Å². The molecule has 3 N–H and O–H groups in total. The highest BCUT2D eigenvalue weighted by molar-refractivity contribution is 6.02. The average Bonchev–Trinajstić information content (AvgIpc) is 2.73. The van der Waals surface area contributed by atoms with E-state index in [1.165, 1.54) is 0 Å². The second-order valence-electron chi connectivity index (χ2n) is 5.72. The molecule has 7 heteroatoms. The van der Waals surface area contributed by atoms with Crippen LogP contribution in [0.1, 0.15) is 59.3 Å². The van der Waals surface area contributed by atoms with Crippen LogP contribution in [0.5, 0.6) is 0 Å². The van der Waals surface area contributed by atoms with E-state index in [9.17, 15) is 9.59 Å². The zero-order valence-electron chi connectivity index (χ0n) is 14.4. The maximum Gasteiger partial charge on any atom is 0.340 e. The van der Waals surface area contributed by atoms with Crippen LogP contribution < -0.4 is 5.73 Å². The second kappa shape index (κ2) is 8.36. The summed E-state index contributed by atoms with van der Waals surface area (Å²) in [5.41, 5.74) is 7.52. The lowest BCUT2D eigenvalue weighted by atomic mass is 10.1. The predicted octanol–water partition coefficient (Wildman–Crippen LogP) is 2.33. The predicted molar refractivity (Wildman–Crippen MR) is 87.6 cm³/mol. The van der Waals surface area contributed by atoms with Crippen molar-refractivity contribution in [2.45, 2.75) is 41.0 Å². The van der Waals surface area contributed by atoms with Crippen molar-refractivity contribution in [3.8, 4) is 0 Å². The maximum atomic E-state index is 12.2. The van der Waals surface area contributed by atoms with Crippen molar-refractivity contribution in [3.05, 3.63) is 22.5 Å². The molecule has 0 aliphatic carbocycles. The first-order valence-corrected chi connectivity index (χ1v) is 7.61. The van der Waals surface area contributed by atoms with E-state index < -0.39 is 5.97 Å². The highest BCUT2D eigenvalue weighted by atomic mass is 16.6. The van der Waals surface area contributed by atoms with Gasteiger partial charge in [-0.2, -0.15) is 0 Å². The van der Waals surface area contributed by atoms with Crippen LogP contribution in [0.4, 0.5) is 0 Å². The van der Waals surface area contributed by atoms with Crippen molar-refractivity contribution in [1.29, 1.82) is 0 Å². The minimum absolute atomic E-state index is 0.248.